The van der Waals surface area contributed by atoms with Crippen molar-refractivity contribution in [3.8, 4) is 0 Å². The molecule has 0 saturated heterocycles. The van der Waals surface area contributed by atoms with Crippen molar-refractivity contribution in [3.63, 3.8) is 0 Å². The molecule has 2 N–H and O–H groups in total. The number of hydrogen-bond donors (Lipinski definition) is 2. The molecule has 0 aliphatic rings. The molecule has 5 heteroatoms. The van der Waals surface area contributed by atoms with Gasteiger partial charge in [0.1, 0.15) is 0 Å². The Balaban J connectivity index is 1.83. The Morgan fingerprint density at radius 2 is 1.95 bits per heavy atom. The van der Waals surface area contributed by atoms with Crippen LogP contribution in [0.25, 0.3) is 11.0 Å². The van der Waals surface area contributed by atoms with Gasteiger partial charge in [0.15, 0.2) is 0 Å². The Kier molecular flexibility index (Phi) is 3.78. The molecule has 0 amide bonds. The van der Waals surface area contributed by atoms with Gasteiger partial charge in [0.2, 0.25) is 5.95 Å². The van der Waals surface area contributed by atoms with Crippen molar-refractivity contribution in [2.75, 3.05) is 11.9 Å². The zero-order valence-electron chi connectivity index (χ0n) is 12.3. The summed E-state index contributed by atoms with van der Waals surface area (Å²) in [6.45, 7) is 0.753. The quantitative estimate of drug-likeness (QED) is 0.759. The molecule has 3 rings (SSSR count). The molecule has 0 aliphatic heterocycles. The van der Waals surface area contributed by atoms with E-state index < -0.39 is 5.97 Å². The van der Waals surface area contributed by atoms with E-state index in [1.54, 1.807) is 6.07 Å². The summed E-state index contributed by atoms with van der Waals surface area (Å²) in [5.41, 5.74) is 3.66. The number of fused-ring (bicyclic) bond motifs is 1. The summed E-state index contributed by atoms with van der Waals surface area (Å²) in [7, 11) is 1.98. The molecule has 1 heterocycles. The molecule has 5 nitrogen and oxygen atoms in total. The first-order chi connectivity index (χ1) is 10.6. The zero-order chi connectivity index (χ0) is 15.5. The number of rotatable bonds is 5. The van der Waals surface area contributed by atoms with E-state index in [1.807, 2.05) is 42.3 Å². The second-order valence-electron chi connectivity index (χ2n) is 5.32. The van der Waals surface area contributed by atoms with Crippen molar-refractivity contribution in [2.45, 2.75) is 13.0 Å². The van der Waals surface area contributed by atoms with Crippen LogP contribution >= 0.6 is 0 Å². The van der Waals surface area contributed by atoms with Gasteiger partial charge in [0, 0.05) is 13.6 Å². The predicted octanol–water partition coefficient (Wildman–Crippen LogP) is 2.83. The molecule has 1 aromatic heterocycles. The van der Waals surface area contributed by atoms with Crippen LogP contribution in [-0.2, 0) is 17.8 Å². The van der Waals surface area contributed by atoms with Gasteiger partial charge in [-0.15, -0.1) is 0 Å². The van der Waals surface area contributed by atoms with Crippen molar-refractivity contribution in [2.24, 2.45) is 0 Å². The maximum Gasteiger partial charge on any atom is 0.307 e. The zero-order valence-corrected chi connectivity index (χ0v) is 12.3. The third-order valence-electron chi connectivity index (χ3n) is 3.51. The van der Waals surface area contributed by atoms with Gasteiger partial charge in [-0.3, -0.25) is 4.79 Å². The highest BCUT2D eigenvalue weighted by Crippen LogP contribution is 2.19. The van der Waals surface area contributed by atoms with Crippen LogP contribution in [0.3, 0.4) is 0 Å². The standard InChI is InChI=1S/C17H17N3O2/c1-20(11-12-5-3-2-4-6-12)17-18-14-8-7-13(10-16(21)22)9-15(14)19-17/h2-9H,10-11H2,1H3,(H,18,19)(H,21,22). The minimum atomic E-state index is -0.833. The molecule has 0 bridgehead atoms. The number of nitrogens with one attached hydrogen (secondary N) is 1. The molecule has 22 heavy (non-hydrogen) atoms. The molecular formula is C17H17N3O2. The third-order valence-corrected chi connectivity index (χ3v) is 3.51. The average molecular weight is 295 g/mol. The lowest BCUT2D eigenvalue weighted by Crippen LogP contribution is -2.17. The Morgan fingerprint density at radius 3 is 2.68 bits per heavy atom. The first-order valence-corrected chi connectivity index (χ1v) is 7.07. The number of aliphatic carboxylic acids is 1. The Hall–Kier alpha value is -2.82. The Bertz CT molecular complexity index is 796. The molecule has 0 spiro atoms. The second-order valence-corrected chi connectivity index (χ2v) is 5.32. The lowest BCUT2D eigenvalue weighted by molar-refractivity contribution is -0.136. The van der Waals surface area contributed by atoms with Crippen molar-refractivity contribution < 1.29 is 9.90 Å². The summed E-state index contributed by atoms with van der Waals surface area (Å²) in [6, 6.07) is 15.7. The van der Waals surface area contributed by atoms with Gasteiger partial charge in [-0.1, -0.05) is 36.4 Å². The third kappa shape index (κ3) is 3.09. The van der Waals surface area contributed by atoms with Gasteiger partial charge in [-0.05, 0) is 23.3 Å². The molecule has 112 valence electrons. The van der Waals surface area contributed by atoms with E-state index in [-0.39, 0.29) is 6.42 Å². The topological polar surface area (TPSA) is 69.2 Å². The highest BCUT2D eigenvalue weighted by atomic mass is 16.4. The number of nitrogens with zero attached hydrogens (tertiary/aromatic N) is 2. The minimum absolute atomic E-state index is 0.0180. The largest absolute Gasteiger partial charge is 0.481 e. The van der Waals surface area contributed by atoms with Crippen molar-refractivity contribution in [1.29, 1.82) is 0 Å². The minimum Gasteiger partial charge on any atom is -0.481 e. The van der Waals surface area contributed by atoms with E-state index in [0.717, 1.165) is 29.1 Å². The van der Waals surface area contributed by atoms with Crippen LogP contribution < -0.4 is 4.90 Å². The lowest BCUT2D eigenvalue weighted by atomic mass is 10.1. The van der Waals surface area contributed by atoms with Crippen LogP contribution in [0.2, 0.25) is 0 Å². The fourth-order valence-corrected chi connectivity index (χ4v) is 2.44. The fraction of sp³-hybridized carbons (Fsp3) is 0.176. The van der Waals surface area contributed by atoms with Gasteiger partial charge >= 0.3 is 5.97 Å². The highest BCUT2D eigenvalue weighted by molar-refractivity contribution is 5.80. The summed E-state index contributed by atoms with van der Waals surface area (Å²) in [5, 5.41) is 8.86. The maximum absolute atomic E-state index is 10.8. The molecule has 0 fully saturated rings. The van der Waals surface area contributed by atoms with Crippen LogP contribution in [-0.4, -0.2) is 28.1 Å². The number of H-pyrrole nitrogens is 1. The molecule has 0 unspecified atom stereocenters. The molecule has 0 aliphatic carbocycles. The van der Waals surface area contributed by atoms with Gasteiger partial charge in [-0.25, -0.2) is 4.98 Å². The summed E-state index contributed by atoms with van der Waals surface area (Å²) < 4.78 is 0. The number of imidazole rings is 1. The maximum atomic E-state index is 10.8. The average Bonchev–Trinajstić information content (AvgIpc) is 2.91. The smallest absolute Gasteiger partial charge is 0.307 e. The van der Waals surface area contributed by atoms with E-state index in [9.17, 15) is 4.79 Å². The van der Waals surface area contributed by atoms with Gasteiger partial charge in [-0.2, -0.15) is 0 Å². The van der Waals surface area contributed by atoms with Crippen LogP contribution in [0.15, 0.2) is 48.5 Å². The van der Waals surface area contributed by atoms with Crippen molar-refractivity contribution >= 4 is 23.0 Å². The monoisotopic (exact) mass is 295 g/mol. The number of carbonyl (C=O) groups is 1. The normalized spacial score (nSPS) is 10.8. The highest BCUT2D eigenvalue weighted by Gasteiger charge is 2.09. The Labute approximate surface area is 128 Å². The van der Waals surface area contributed by atoms with E-state index in [4.69, 9.17) is 5.11 Å². The van der Waals surface area contributed by atoms with E-state index in [0.29, 0.717) is 0 Å². The van der Waals surface area contributed by atoms with Gasteiger partial charge in [0.05, 0.1) is 17.5 Å². The first kappa shape index (κ1) is 14.1. The molecule has 0 radical (unpaired) electrons. The van der Waals surface area contributed by atoms with E-state index in [1.165, 1.54) is 5.56 Å². The molecule has 0 saturated carbocycles. The van der Waals surface area contributed by atoms with Crippen molar-refractivity contribution in [3.05, 3.63) is 59.7 Å². The molecular weight excluding hydrogens is 278 g/mol. The SMILES string of the molecule is CN(Cc1ccccc1)c1nc2ccc(CC(=O)O)cc2[nH]1. The summed E-state index contributed by atoms with van der Waals surface area (Å²) in [6.07, 6.45) is 0.0180. The number of aromatic nitrogens is 2. The van der Waals surface area contributed by atoms with Crippen LogP contribution in [0.5, 0.6) is 0 Å². The van der Waals surface area contributed by atoms with Crippen molar-refractivity contribution in [1.82, 2.24) is 9.97 Å². The van der Waals surface area contributed by atoms with Crippen LogP contribution in [0.4, 0.5) is 5.95 Å². The molecule has 3 aromatic rings. The van der Waals surface area contributed by atoms with Crippen LogP contribution in [0, 0.1) is 0 Å². The number of carboxylic acids is 1. The number of benzene rings is 2. The van der Waals surface area contributed by atoms with Gasteiger partial charge < -0.3 is 15.0 Å². The van der Waals surface area contributed by atoms with E-state index in [2.05, 4.69) is 22.1 Å². The van der Waals surface area contributed by atoms with Gasteiger partial charge in [0.25, 0.3) is 0 Å². The fourth-order valence-electron chi connectivity index (χ4n) is 2.44. The second kappa shape index (κ2) is 5.89. The number of carboxylic acid groups (broad SMARTS) is 1. The summed E-state index contributed by atoms with van der Waals surface area (Å²) in [4.78, 5) is 20.6. The predicted molar refractivity (Wildman–Crippen MR) is 86.0 cm³/mol. The first-order valence-electron chi connectivity index (χ1n) is 7.07. The summed E-state index contributed by atoms with van der Waals surface area (Å²) >= 11 is 0. The number of anilines is 1. The summed E-state index contributed by atoms with van der Waals surface area (Å²) in [5.74, 6) is -0.0633. The molecule has 2 aromatic carbocycles. The van der Waals surface area contributed by atoms with Crippen LogP contribution in [0.1, 0.15) is 11.1 Å². The lowest BCUT2D eigenvalue weighted by Gasteiger charge is -2.15. The number of aromatic amines is 1. The molecule has 0 atom stereocenters. The van der Waals surface area contributed by atoms with E-state index >= 15 is 0 Å². The number of hydrogen-bond acceptors (Lipinski definition) is 3. The Morgan fingerprint density at radius 1 is 1.18 bits per heavy atom.